The number of rotatable bonds is 2. The fourth-order valence-corrected chi connectivity index (χ4v) is 2.75. The number of nitrogens with zero attached hydrogens (tertiary/aromatic N) is 1. The molecular formula is C15H21FN2O. The van der Waals surface area contributed by atoms with Crippen LogP contribution < -0.4 is 5.73 Å². The molecule has 0 spiro atoms. The summed E-state index contributed by atoms with van der Waals surface area (Å²) in [5.41, 5.74) is 6.75. The van der Waals surface area contributed by atoms with E-state index in [9.17, 15) is 9.18 Å². The van der Waals surface area contributed by atoms with Gasteiger partial charge in [-0.15, -0.1) is 0 Å². The molecule has 1 fully saturated rings. The van der Waals surface area contributed by atoms with Crippen molar-refractivity contribution in [2.45, 2.75) is 32.7 Å². The van der Waals surface area contributed by atoms with Gasteiger partial charge < -0.3 is 10.6 Å². The van der Waals surface area contributed by atoms with Crippen LogP contribution in [0.4, 0.5) is 4.39 Å². The molecule has 1 amide bonds. The molecule has 1 aromatic rings. The van der Waals surface area contributed by atoms with Gasteiger partial charge in [0, 0.05) is 24.7 Å². The van der Waals surface area contributed by atoms with E-state index in [0.717, 1.165) is 12.8 Å². The molecule has 0 aromatic heterocycles. The summed E-state index contributed by atoms with van der Waals surface area (Å²) < 4.78 is 13.6. The van der Waals surface area contributed by atoms with Crippen LogP contribution in [-0.4, -0.2) is 29.9 Å². The van der Waals surface area contributed by atoms with Crippen LogP contribution in [0.2, 0.25) is 0 Å². The van der Waals surface area contributed by atoms with Gasteiger partial charge in [0.2, 0.25) is 0 Å². The lowest BCUT2D eigenvalue weighted by molar-refractivity contribution is 0.0532. The number of amides is 1. The molecule has 2 unspecified atom stereocenters. The summed E-state index contributed by atoms with van der Waals surface area (Å²) in [7, 11) is 0. The molecule has 0 bridgehead atoms. The van der Waals surface area contributed by atoms with Crippen LogP contribution in [-0.2, 0) is 0 Å². The monoisotopic (exact) mass is 264 g/mol. The van der Waals surface area contributed by atoms with Crippen LogP contribution >= 0.6 is 0 Å². The zero-order chi connectivity index (χ0) is 14.0. The van der Waals surface area contributed by atoms with Crippen molar-refractivity contribution in [1.82, 2.24) is 4.90 Å². The summed E-state index contributed by atoms with van der Waals surface area (Å²) in [6, 6.07) is 4.72. The number of aryl methyl sites for hydroxylation is 1. The molecule has 0 saturated carbocycles. The summed E-state index contributed by atoms with van der Waals surface area (Å²) in [4.78, 5) is 14.3. The smallest absolute Gasteiger partial charge is 0.254 e. The average molecular weight is 264 g/mol. The Morgan fingerprint density at radius 1 is 1.53 bits per heavy atom. The Hall–Kier alpha value is -1.42. The number of carbonyl (C=O) groups is 1. The van der Waals surface area contributed by atoms with E-state index in [0.29, 0.717) is 30.1 Å². The van der Waals surface area contributed by atoms with Crippen molar-refractivity contribution in [1.29, 1.82) is 0 Å². The van der Waals surface area contributed by atoms with Crippen LogP contribution in [0.3, 0.4) is 0 Å². The van der Waals surface area contributed by atoms with Gasteiger partial charge in [0.05, 0.1) is 0 Å². The Morgan fingerprint density at radius 2 is 2.26 bits per heavy atom. The van der Waals surface area contributed by atoms with E-state index in [1.165, 1.54) is 6.07 Å². The standard InChI is InChI=1S/C15H21FN2O/c1-10-5-6-12(8-13(10)16)15(19)18-7-3-4-11(2)14(18)9-17/h5-6,8,11,14H,3-4,7,9,17H2,1-2H3. The second-order valence-electron chi connectivity index (χ2n) is 5.39. The quantitative estimate of drug-likeness (QED) is 0.891. The van der Waals surface area contributed by atoms with Crippen molar-refractivity contribution >= 4 is 5.91 Å². The third-order valence-electron chi connectivity index (χ3n) is 4.04. The van der Waals surface area contributed by atoms with E-state index in [4.69, 9.17) is 5.73 Å². The predicted octanol–water partition coefficient (Wildman–Crippen LogP) is 2.33. The summed E-state index contributed by atoms with van der Waals surface area (Å²) in [6.07, 6.45) is 2.08. The Labute approximate surface area is 113 Å². The van der Waals surface area contributed by atoms with Crippen molar-refractivity contribution in [3.8, 4) is 0 Å². The highest BCUT2D eigenvalue weighted by Gasteiger charge is 2.31. The maximum atomic E-state index is 13.6. The number of hydrogen-bond acceptors (Lipinski definition) is 2. The van der Waals surface area contributed by atoms with Gasteiger partial charge in [-0.2, -0.15) is 0 Å². The number of halogens is 1. The molecule has 1 aliphatic rings. The van der Waals surface area contributed by atoms with Gasteiger partial charge >= 0.3 is 0 Å². The molecule has 1 aromatic carbocycles. The molecule has 19 heavy (non-hydrogen) atoms. The highest BCUT2D eigenvalue weighted by Crippen LogP contribution is 2.24. The largest absolute Gasteiger partial charge is 0.334 e. The van der Waals surface area contributed by atoms with E-state index in [2.05, 4.69) is 6.92 Å². The Bertz CT molecular complexity index is 475. The second kappa shape index (κ2) is 5.70. The molecule has 1 heterocycles. The predicted molar refractivity (Wildman–Crippen MR) is 73.4 cm³/mol. The summed E-state index contributed by atoms with van der Waals surface area (Å²) in [5, 5.41) is 0. The molecular weight excluding hydrogens is 243 g/mol. The minimum Gasteiger partial charge on any atom is -0.334 e. The fraction of sp³-hybridized carbons (Fsp3) is 0.533. The van der Waals surface area contributed by atoms with Crippen molar-refractivity contribution < 1.29 is 9.18 Å². The maximum Gasteiger partial charge on any atom is 0.254 e. The number of likely N-dealkylation sites (tertiary alicyclic amines) is 1. The minimum atomic E-state index is -0.333. The van der Waals surface area contributed by atoms with Gasteiger partial charge in [-0.1, -0.05) is 13.0 Å². The molecule has 0 radical (unpaired) electrons. The first-order valence-corrected chi connectivity index (χ1v) is 6.81. The van der Waals surface area contributed by atoms with Gasteiger partial charge in [0.15, 0.2) is 0 Å². The number of carbonyl (C=O) groups excluding carboxylic acids is 1. The normalized spacial score (nSPS) is 23.5. The zero-order valence-corrected chi connectivity index (χ0v) is 11.5. The Kier molecular flexibility index (Phi) is 4.20. The SMILES string of the molecule is Cc1ccc(C(=O)N2CCCC(C)C2CN)cc1F. The first kappa shape index (κ1) is 14.0. The lowest BCUT2D eigenvalue weighted by Gasteiger charge is -2.39. The Balaban J connectivity index is 2.24. The van der Waals surface area contributed by atoms with Gasteiger partial charge in [0.1, 0.15) is 5.82 Å². The molecule has 3 nitrogen and oxygen atoms in total. The summed E-state index contributed by atoms with van der Waals surface area (Å²) >= 11 is 0. The minimum absolute atomic E-state index is 0.0608. The van der Waals surface area contributed by atoms with Crippen LogP contribution in [0.5, 0.6) is 0 Å². The second-order valence-corrected chi connectivity index (χ2v) is 5.39. The van der Waals surface area contributed by atoms with E-state index < -0.39 is 0 Å². The van der Waals surface area contributed by atoms with Gasteiger partial charge in [0.25, 0.3) is 5.91 Å². The van der Waals surface area contributed by atoms with Gasteiger partial charge in [-0.25, -0.2) is 4.39 Å². The van der Waals surface area contributed by atoms with E-state index in [-0.39, 0.29) is 17.8 Å². The van der Waals surface area contributed by atoms with Crippen LogP contribution in [0, 0.1) is 18.7 Å². The van der Waals surface area contributed by atoms with E-state index in [1.807, 2.05) is 0 Å². The topological polar surface area (TPSA) is 46.3 Å². The van der Waals surface area contributed by atoms with Gasteiger partial charge in [-0.3, -0.25) is 4.79 Å². The van der Waals surface area contributed by atoms with Crippen LogP contribution in [0.25, 0.3) is 0 Å². The number of benzene rings is 1. The molecule has 2 N–H and O–H groups in total. The highest BCUT2D eigenvalue weighted by molar-refractivity contribution is 5.94. The number of hydrogen-bond donors (Lipinski definition) is 1. The summed E-state index contributed by atoms with van der Waals surface area (Å²) in [5.74, 6) is -0.0425. The van der Waals surface area contributed by atoms with E-state index in [1.54, 1.807) is 24.0 Å². The van der Waals surface area contributed by atoms with Crippen molar-refractivity contribution in [2.24, 2.45) is 11.7 Å². The molecule has 4 heteroatoms. The molecule has 2 atom stereocenters. The first-order chi connectivity index (χ1) is 9.04. The molecule has 2 rings (SSSR count). The van der Waals surface area contributed by atoms with Crippen molar-refractivity contribution in [2.75, 3.05) is 13.1 Å². The van der Waals surface area contributed by atoms with Crippen molar-refractivity contribution in [3.63, 3.8) is 0 Å². The zero-order valence-electron chi connectivity index (χ0n) is 11.5. The fourth-order valence-electron chi connectivity index (χ4n) is 2.75. The van der Waals surface area contributed by atoms with Gasteiger partial charge in [-0.05, 0) is 43.4 Å². The van der Waals surface area contributed by atoms with Crippen molar-refractivity contribution in [3.05, 3.63) is 35.1 Å². The molecule has 104 valence electrons. The average Bonchev–Trinajstić information content (AvgIpc) is 2.40. The maximum absolute atomic E-state index is 13.6. The summed E-state index contributed by atoms with van der Waals surface area (Å²) in [6.45, 7) is 4.98. The third kappa shape index (κ3) is 2.78. The first-order valence-electron chi connectivity index (χ1n) is 6.81. The molecule has 1 saturated heterocycles. The molecule has 0 aliphatic carbocycles. The van der Waals surface area contributed by atoms with Crippen LogP contribution in [0.1, 0.15) is 35.7 Å². The highest BCUT2D eigenvalue weighted by atomic mass is 19.1. The lowest BCUT2D eigenvalue weighted by atomic mass is 9.90. The number of nitrogens with two attached hydrogens (primary N) is 1. The Morgan fingerprint density at radius 3 is 2.89 bits per heavy atom. The van der Waals surface area contributed by atoms with Crippen LogP contribution in [0.15, 0.2) is 18.2 Å². The lowest BCUT2D eigenvalue weighted by Crippen LogP contribution is -2.51. The van der Waals surface area contributed by atoms with E-state index >= 15 is 0 Å². The third-order valence-corrected chi connectivity index (χ3v) is 4.04. The molecule has 1 aliphatic heterocycles. The number of piperidine rings is 1.